The summed E-state index contributed by atoms with van der Waals surface area (Å²) in [4.78, 5) is 12.8. The molecule has 150 valence electrons. The van der Waals surface area contributed by atoms with Gasteiger partial charge < -0.3 is 10.1 Å². The molecule has 28 heavy (non-hydrogen) atoms. The topological polar surface area (TPSA) is 75.7 Å². The number of rotatable bonds is 6. The van der Waals surface area contributed by atoms with E-state index in [0.29, 0.717) is 36.7 Å². The molecule has 3 rings (SSSR count). The lowest BCUT2D eigenvalue weighted by atomic mass is 9.99. The van der Waals surface area contributed by atoms with Crippen LogP contribution < -0.4 is 10.1 Å². The van der Waals surface area contributed by atoms with Crippen molar-refractivity contribution in [3.8, 4) is 5.75 Å². The van der Waals surface area contributed by atoms with E-state index >= 15 is 0 Å². The van der Waals surface area contributed by atoms with Crippen molar-refractivity contribution >= 4 is 33.2 Å². The van der Waals surface area contributed by atoms with Gasteiger partial charge in [-0.2, -0.15) is 4.31 Å². The summed E-state index contributed by atoms with van der Waals surface area (Å²) in [5.74, 6) is 0.154. The number of nitrogens with one attached hydrogen (secondary N) is 1. The summed E-state index contributed by atoms with van der Waals surface area (Å²) in [7, 11) is -3.65. The van der Waals surface area contributed by atoms with E-state index in [1.165, 1.54) is 16.4 Å². The summed E-state index contributed by atoms with van der Waals surface area (Å²) in [6.45, 7) is 3.04. The molecule has 1 amide bonds. The van der Waals surface area contributed by atoms with Crippen molar-refractivity contribution in [1.29, 1.82) is 0 Å². The number of anilines is 1. The van der Waals surface area contributed by atoms with Crippen molar-refractivity contribution in [3.63, 3.8) is 0 Å². The first-order chi connectivity index (χ1) is 13.4. The largest absolute Gasteiger partial charge is 0.494 e. The fourth-order valence-electron chi connectivity index (χ4n) is 3.18. The number of nitrogens with zero attached hydrogens (tertiary/aromatic N) is 1. The van der Waals surface area contributed by atoms with E-state index in [1.807, 2.05) is 6.92 Å². The highest BCUT2D eigenvalue weighted by atomic mass is 35.5. The highest BCUT2D eigenvalue weighted by Gasteiger charge is 2.33. The maximum absolute atomic E-state index is 12.9. The van der Waals surface area contributed by atoms with Crippen LogP contribution in [0.5, 0.6) is 5.75 Å². The van der Waals surface area contributed by atoms with Crippen molar-refractivity contribution in [2.75, 3.05) is 25.0 Å². The molecule has 2 aromatic rings. The van der Waals surface area contributed by atoms with Gasteiger partial charge in [-0.05, 0) is 68.3 Å². The summed E-state index contributed by atoms with van der Waals surface area (Å²) in [6.07, 6.45) is 1.28. The second-order valence-electron chi connectivity index (χ2n) is 6.60. The van der Waals surface area contributed by atoms with E-state index in [4.69, 9.17) is 16.3 Å². The Morgan fingerprint density at radius 3 is 2.50 bits per heavy atom. The second-order valence-corrected chi connectivity index (χ2v) is 8.98. The second kappa shape index (κ2) is 8.94. The third-order valence-corrected chi connectivity index (χ3v) is 6.77. The van der Waals surface area contributed by atoms with Crippen LogP contribution >= 0.6 is 11.6 Å². The van der Waals surface area contributed by atoms with Crippen LogP contribution in [0.2, 0.25) is 5.02 Å². The highest BCUT2D eigenvalue weighted by molar-refractivity contribution is 7.89. The summed E-state index contributed by atoms with van der Waals surface area (Å²) >= 11 is 5.85. The third kappa shape index (κ3) is 4.84. The highest BCUT2D eigenvalue weighted by Crippen LogP contribution is 2.26. The lowest BCUT2D eigenvalue weighted by Gasteiger charge is -2.31. The van der Waals surface area contributed by atoms with Crippen LogP contribution in [0.15, 0.2) is 53.4 Å². The molecule has 2 aromatic carbocycles. The van der Waals surface area contributed by atoms with Gasteiger partial charge in [0.05, 0.1) is 17.4 Å². The van der Waals surface area contributed by atoms with E-state index in [-0.39, 0.29) is 17.3 Å². The monoisotopic (exact) mass is 422 g/mol. The zero-order valence-electron chi connectivity index (χ0n) is 15.6. The van der Waals surface area contributed by atoms with Crippen LogP contribution in [0.3, 0.4) is 0 Å². The number of sulfonamides is 1. The van der Waals surface area contributed by atoms with Gasteiger partial charge in [0.2, 0.25) is 15.9 Å². The van der Waals surface area contributed by atoms with Crippen molar-refractivity contribution < 1.29 is 17.9 Å². The molecule has 8 heteroatoms. The molecule has 1 fully saturated rings. The lowest BCUT2D eigenvalue weighted by Crippen LogP contribution is -2.43. The molecule has 0 spiro atoms. The van der Waals surface area contributed by atoms with Crippen LogP contribution in [0.1, 0.15) is 19.8 Å². The Bertz CT molecular complexity index is 914. The number of ether oxygens (including phenoxy) is 1. The zero-order chi connectivity index (χ0) is 20.1. The lowest BCUT2D eigenvalue weighted by molar-refractivity contribution is -0.120. The molecule has 1 atom stereocenters. The summed E-state index contributed by atoms with van der Waals surface area (Å²) in [6, 6.07) is 13.2. The predicted molar refractivity (Wildman–Crippen MR) is 109 cm³/mol. The molecule has 0 bridgehead atoms. The quantitative estimate of drug-likeness (QED) is 0.768. The molecule has 0 radical (unpaired) electrons. The molecule has 1 N–H and O–H groups in total. The fraction of sp³-hybridized carbons (Fsp3) is 0.350. The molecule has 0 aromatic heterocycles. The summed E-state index contributed by atoms with van der Waals surface area (Å²) < 4.78 is 32.5. The van der Waals surface area contributed by atoms with E-state index in [1.54, 1.807) is 36.4 Å². The standard InChI is InChI=1S/C20H23ClN2O4S/c1-2-27-18-9-7-17(8-10-18)22-20(24)15-4-3-13-23(14-15)28(25,26)19-11-5-16(21)6-12-19/h5-12,15H,2-4,13-14H2,1H3,(H,22,24)/t15-/m1/s1. The summed E-state index contributed by atoms with van der Waals surface area (Å²) in [5.41, 5.74) is 0.658. The number of hydrogen-bond donors (Lipinski definition) is 1. The maximum atomic E-state index is 12.9. The van der Waals surface area contributed by atoms with Gasteiger partial charge in [-0.3, -0.25) is 4.79 Å². The number of benzene rings is 2. The Morgan fingerprint density at radius 1 is 1.18 bits per heavy atom. The van der Waals surface area contributed by atoms with Crippen LogP contribution in [0.4, 0.5) is 5.69 Å². The Morgan fingerprint density at radius 2 is 1.86 bits per heavy atom. The molecule has 6 nitrogen and oxygen atoms in total. The maximum Gasteiger partial charge on any atom is 0.243 e. The third-order valence-electron chi connectivity index (χ3n) is 4.64. The van der Waals surface area contributed by atoms with Crippen LogP contribution in [0, 0.1) is 5.92 Å². The first kappa shape index (κ1) is 20.6. The molecule has 1 aliphatic heterocycles. The van der Waals surface area contributed by atoms with E-state index in [9.17, 15) is 13.2 Å². The van der Waals surface area contributed by atoms with Gasteiger partial charge in [-0.15, -0.1) is 0 Å². The van der Waals surface area contributed by atoms with Crippen LogP contribution in [-0.4, -0.2) is 38.3 Å². The number of carbonyl (C=O) groups is 1. The van der Waals surface area contributed by atoms with Crippen molar-refractivity contribution in [1.82, 2.24) is 4.31 Å². The number of carbonyl (C=O) groups excluding carboxylic acids is 1. The predicted octanol–water partition coefficient (Wildman–Crippen LogP) is 3.78. The Hall–Kier alpha value is -2.09. The van der Waals surface area contributed by atoms with Gasteiger partial charge in [0.25, 0.3) is 0 Å². The number of amides is 1. The number of hydrogen-bond acceptors (Lipinski definition) is 4. The minimum absolute atomic E-state index is 0.161. The molecule has 1 aliphatic rings. The molecule has 1 heterocycles. The Labute approximate surface area is 170 Å². The molecule has 1 saturated heterocycles. The number of halogens is 1. The molecule has 0 aliphatic carbocycles. The summed E-state index contributed by atoms with van der Waals surface area (Å²) in [5, 5.41) is 3.34. The SMILES string of the molecule is CCOc1ccc(NC(=O)[C@@H]2CCCN(S(=O)(=O)c3ccc(Cl)cc3)C2)cc1. The van der Waals surface area contributed by atoms with Gasteiger partial charge in [0.1, 0.15) is 5.75 Å². The molecular formula is C20H23ClN2O4S. The normalized spacial score (nSPS) is 17.9. The van der Waals surface area contributed by atoms with Crippen LogP contribution in [0.25, 0.3) is 0 Å². The molecule has 0 saturated carbocycles. The van der Waals surface area contributed by atoms with Gasteiger partial charge in [-0.25, -0.2) is 8.42 Å². The molecular weight excluding hydrogens is 400 g/mol. The average molecular weight is 423 g/mol. The van der Waals surface area contributed by atoms with Crippen LogP contribution in [-0.2, 0) is 14.8 Å². The minimum atomic E-state index is -3.65. The first-order valence-electron chi connectivity index (χ1n) is 9.19. The van der Waals surface area contributed by atoms with Gasteiger partial charge in [0, 0.05) is 23.8 Å². The van der Waals surface area contributed by atoms with Crippen molar-refractivity contribution in [2.24, 2.45) is 5.92 Å². The minimum Gasteiger partial charge on any atom is -0.494 e. The smallest absolute Gasteiger partial charge is 0.243 e. The fourth-order valence-corrected chi connectivity index (χ4v) is 4.83. The van der Waals surface area contributed by atoms with Gasteiger partial charge in [0.15, 0.2) is 0 Å². The van der Waals surface area contributed by atoms with E-state index in [0.717, 1.165) is 5.75 Å². The first-order valence-corrected chi connectivity index (χ1v) is 11.0. The van der Waals surface area contributed by atoms with E-state index < -0.39 is 15.9 Å². The molecule has 0 unspecified atom stereocenters. The Balaban J connectivity index is 1.66. The zero-order valence-corrected chi connectivity index (χ0v) is 17.2. The van der Waals surface area contributed by atoms with Crippen molar-refractivity contribution in [3.05, 3.63) is 53.6 Å². The van der Waals surface area contributed by atoms with Gasteiger partial charge >= 0.3 is 0 Å². The average Bonchev–Trinajstić information content (AvgIpc) is 2.70. The number of piperidine rings is 1. The van der Waals surface area contributed by atoms with Crippen molar-refractivity contribution in [2.45, 2.75) is 24.7 Å². The Kier molecular flexibility index (Phi) is 6.59. The van der Waals surface area contributed by atoms with E-state index in [2.05, 4.69) is 5.32 Å². The van der Waals surface area contributed by atoms with Gasteiger partial charge in [-0.1, -0.05) is 11.6 Å².